The van der Waals surface area contributed by atoms with Crippen molar-refractivity contribution in [3.63, 3.8) is 0 Å². The van der Waals surface area contributed by atoms with Crippen molar-refractivity contribution in [2.24, 2.45) is 11.8 Å². The quantitative estimate of drug-likeness (QED) is 0.452. The number of rotatable bonds is 6. The number of alkyl halides is 3. The van der Waals surface area contributed by atoms with Gasteiger partial charge in [0.2, 0.25) is 5.89 Å². The predicted molar refractivity (Wildman–Crippen MR) is 111 cm³/mol. The zero-order valence-electron chi connectivity index (χ0n) is 16.5. The van der Waals surface area contributed by atoms with Gasteiger partial charge in [-0.2, -0.15) is 13.2 Å². The monoisotopic (exact) mass is 451 g/mol. The summed E-state index contributed by atoms with van der Waals surface area (Å²) in [6.07, 6.45) is 2.23. The van der Waals surface area contributed by atoms with Gasteiger partial charge in [0, 0.05) is 28.8 Å². The van der Waals surface area contributed by atoms with Gasteiger partial charge in [0.1, 0.15) is 10.5 Å². The van der Waals surface area contributed by atoms with Crippen molar-refractivity contribution in [1.82, 2.24) is 9.97 Å². The standard InChI is InChI=1S/C21H20F3N3O3S/c1-2-11-8-12(17(11)25)4-3-5-16-27-15-10-13(20(28,29)21(22,23)24)9-14(18(15)30-16)19-26-6-7-31-19/h3,5-7,9-12,25,28-29H,2,4,8H2,1H3/b5-3+,25-17?. The molecule has 6 nitrogen and oxygen atoms in total. The molecule has 0 saturated heterocycles. The maximum absolute atomic E-state index is 13.2. The van der Waals surface area contributed by atoms with Gasteiger partial charge in [-0.25, -0.2) is 9.97 Å². The number of aromatic nitrogens is 2. The van der Waals surface area contributed by atoms with Crippen LogP contribution in [0.25, 0.3) is 27.7 Å². The highest BCUT2D eigenvalue weighted by molar-refractivity contribution is 7.13. The number of benzene rings is 1. The first-order chi connectivity index (χ1) is 14.6. The lowest BCUT2D eigenvalue weighted by molar-refractivity contribution is -0.358. The Balaban J connectivity index is 1.68. The molecule has 2 aromatic heterocycles. The molecular weight excluding hydrogens is 431 g/mol. The third-order valence-electron chi connectivity index (χ3n) is 5.59. The van der Waals surface area contributed by atoms with Gasteiger partial charge in [0.15, 0.2) is 5.58 Å². The number of hydrogen-bond acceptors (Lipinski definition) is 7. The van der Waals surface area contributed by atoms with Crippen LogP contribution in [-0.4, -0.2) is 32.1 Å². The van der Waals surface area contributed by atoms with Crippen molar-refractivity contribution in [2.45, 2.75) is 38.1 Å². The molecule has 164 valence electrons. The first-order valence-electron chi connectivity index (χ1n) is 9.73. The second-order valence-corrected chi connectivity index (χ2v) is 8.46. The first kappa shape index (κ1) is 21.7. The summed E-state index contributed by atoms with van der Waals surface area (Å²) in [5.74, 6) is -3.31. The zero-order valence-corrected chi connectivity index (χ0v) is 17.3. The van der Waals surface area contributed by atoms with Gasteiger partial charge in [0.25, 0.3) is 5.79 Å². The summed E-state index contributed by atoms with van der Waals surface area (Å²) in [4.78, 5) is 8.31. The van der Waals surface area contributed by atoms with Gasteiger partial charge >= 0.3 is 6.18 Å². The molecular formula is C21H20F3N3O3S. The SMILES string of the molecule is CCC1CC(C/C=C/c2nc3cc(C(O)(O)C(F)(F)F)cc(-c4nccs4)c3o2)C1=N. The van der Waals surface area contributed by atoms with Gasteiger partial charge in [-0.3, -0.25) is 0 Å². The fourth-order valence-electron chi connectivity index (χ4n) is 3.71. The van der Waals surface area contributed by atoms with Crippen LogP contribution in [0.2, 0.25) is 0 Å². The van der Waals surface area contributed by atoms with Crippen LogP contribution in [0.3, 0.4) is 0 Å². The number of oxazole rings is 1. The molecule has 3 aromatic rings. The molecule has 0 bridgehead atoms. The number of halogens is 3. The fraction of sp³-hybridized carbons (Fsp3) is 0.381. The molecule has 2 heterocycles. The molecule has 2 atom stereocenters. The average Bonchev–Trinajstić information content (AvgIpc) is 3.37. The molecule has 1 aliphatic carbocycles. The Hall–Kier alpha value is -2.56. The van der Waals surface area contributed by atoms with Gasteiger partial charge < -0.3 is 20.0 Å². The average molecular weight is 451 g/mol. The number of nitrogens with one attached hydrogen (secondary N) is 1. The van der Waals surface area contributed by atoms with Crippen LogP contribution < -0.4 is 0 Å². The Morgan fingerprint density at radius 1 is 1.29 bits per heavy atom. The Kier molecular flexibility index (Phi) is 5.48. The third kappa shape index (κ3) is 3.90. The highest BCUT2D eigenvalue weighted by atomic mass is 32.1. The Labute approximate surface area is 179 Å². The molecule has 1 fully saturated rings. The third-order valence-corrected chi connectivity index (χ3v) is 6.40. The maximum atomic E-state index is 13.2. The number of aliphatic hydroxyl groups is 2. The summed E-state index contributed by atoms with van der Waals surface area (Å²) in [6.45, 7) is 2.06. The lowest BCUT2D eigenvalue weighted by Gasteiger charge is -2.35. The fourth-order valence-corrected chi connectivity index (χ4v) is 4.37. The van der Waals surface area contributed by atoms with Crippen molar-refractivity contribution < 1.29 is 27.8 Å². The van der Waals surface area contributed by atoms with Crippen LogP contribution in [0.1, 0.15) is 37.6 Å². The molecule has 1 aliphatic rings. The predicted octanol–water partition coefficient (Wildman–Crippen LogP) is 5.12. The van der Waals surface area contributed by atoms with Crippen molar-refractivity contribution in [1.29, 1.82) is 5.41 Å². The zero-order chi connectivity index (χ0) is 22.4. The minimum Gasteiger partial charge on any atom is -0.436 e. The topological polar surface area (TPSA) is 103 Å². The molecule has 1 aromatic carbocycles. The summed E-state index contributed by atoms with van der Waals surface area (Å²) in [7, 11) is 0. The van der Waals surface area contributed by atoms with Crippen molar-refractivity contribution in [2.75, 3.05) is 0 Å². The highest BCUT2D eigenvalue weighted by Crippen LogP contribution is 2.41. The molecule has 31 heavy (non-hydrogen) atoms. The van der Waals surface area contributed by atoms with E-state index in [1.165, 1.54) is 17.5 Å². The van der Waals surface area contributed by atoms with E-state index < -0.39 is 17.5 Å². The molecule has 3 N–H and O–H groups in total. The smallest absolute Gasteiger partial charge is 0.436 e. The Morgan fingerprint density at radius 3 is 2.68 bits per heavy atom. The molecule has 0 amide bonds. The largest absolute Gasteiger partial charge is 0.447 e. The number of allylic oxidation sites excluding steroid dienone is 1. The van der Waals surface area contributed by atoms with Crippen LogP contribution >= 0.6 is 11.3 Å². The second-order valence-electron chi connectivity index (χ2n) is 7.56. The van der Waals surface area contributed by atoms with Crippen LogP contribution in [0, 0.1) is 17.2 Å². The number of hydrogen-bond donors (Lipinski definition) is 3. The molecule has 0 aliphatic heterocycles. The normalized spacial score (nSPS) is 20.0. The first-order valence-corrected chi connectivity index (χ1v) is 10.6. The lowest BCUT2D eigenvalue weighted by Crippen LogP contribution is -2.42. The number of thiazole rings is 1. The molecule has 4 rings (SSSR count). The summed E-state index contributed by atoms with van der Waals surface area (Å²) in [5.41, 5.74) is 0.433. The number of fused-ring (bicyclic) bond motifs is 1. The van der Waals surface area contributed by atoms with Crippen LogP contribution in [0.15, 0.2) is 34.2 Å². The van der Waals surface area contributed by atoms with Gasteiger partial charge in [-0.1, -0.05) is 13.0 Å². The van der Waals surface area contributed by atoms with Crippen LogP contribution in [0.5, 0.6) is 0 Å². The van der Waals surface area contributed by atoms with Gasteiger partial charge in [-0.15, -0.1) is 11.3 Å². The molecule has 0 radical (unpaired) electrons. The van der Waals surface area contributed by atoms with E-state index in [0.717, 1.165) is 30.7 Å². The van der Waals surface area contributed by atoms with Gasteiger partial charge in [-0.05, 0) is 43.4 Å². The van der Waals surface area contributed by atoms with E-state index in [4.69, 9.17) is 9.83 Å². The maximum Gasteiger partial charge on any atom is 0.447 e. The summed E-state index contributed by atoms with van der Waals surface area (Å²) in [5, 5.41) is 29.5. The molecule has 10 heteroatoms. The van der Waals surface area contributed by atoms with Crippen LogP contribution in [0.4, 0.5) is 13.2 Å². The second kappa shape index (κ2) is 7.85. The van der Waals surface area contributed by atoms with E-state index >= 15 is 0 Å². The van der Waals surface area contributed by atoms with Crippen molar-refractivity contribution in [3.8, 4) is 10.6 Å². The van der Waals surface area contributed by atoms with E-state index in [-0.39, 0.29) is 28.5 Å². The summed E-state index contributed by atoms with van der Waals surface area (Å²) in [6, 6.07) is 1.96. The number of nitrogens with zero attached hydrogens (tertiary/aromatic N) is 2. The minimum absolute atomic E-state index is 0.0570. The minimum atomic E-state index is -5.29. The van der Waals surface area contributed by atoms with Crippen molar-refractivity contribution >= 4 is 34.2 Å². The van der Waals surface area contributed by atoms with Crippen molar-refractivity contribution in [3.05, 3.63) is 41.2 Å². The highest BCUT2D eigenvalue weighted by Gasteiger charge is 2.54. The van der Waals surface area contributed by atoms with Crippen LogP contribution in [-0.2, 0) is 5.79 Å². The van der Waals surface area contributed by atoms with E-state index in [1.807, 2.05) is 6.08 Å². The van der Waals surface area contributed by atoms with E-state index in [9.17, 15) is 23.4 Å². The Morgan fingerprint density at radius 2 is 2.06 bits per heavy atom. The molecule has 2 unspecified atom stereocenters. The molecule has 0 spiro atoms. The summed E-state index contributed by atoms with van der Waals surface area (Å²) < 4.78 is 45.3. The van der Waals surface area contributed by atoms with Gasteiger partial charge in [0.05, 0.1) is 5.56 Å². The van der Waals surface area contributed by atoms with E-state index in [1.54, 1.807) is 11.5 Å². The Bertz CT molecular complexity index is 1140. The van der Waals surface area contributed by atoms with E-state index in [2.05, 4.69) is 16.9 Å². The molecule has 1 saturated carbocycles. The van der Waals surface area contributed by atoms with E-state index in [0.29, 0.717) is 17.3 Å². The lowest BCUT2D eigenvalue weighted by atomic mass is 9.70. The summed E-state index contributed by atoms with van der Waals surface area (Å²) >= 11 is 1.18.